The summed E-state index contributed by atoms with van der Waals surface area (Å²) in [5.74, 6) is 0.780. The summed E-state index contributed by atoms with van der Waals surface area (Å²) >= 11 is 0. The number of ether oxygens (including phenoxy) is 2. The molecule has 0 radical (unpaired) electrons. The van der Waals surface area contributed by atoms with E-state index < -0.39 is 0 Å². The molecule has 1 saturated heterocycles. The summed E-state index contributed by atoms with van der Waals surface area (Å²) in [6, 6.07) is 14.6. The summed E-state index contributed by atoms with van der Waals surface area (Å²) in [6.45, 7) is 0. The number of piperidine rings is 1. The van der Waals surface area contributed by atoms with E-state index in [0.717, 1.165) is 5.56 Å². The maximum Gasteiger partial charge on any atom is 0.229 e. The molecule has 3 rings (SSSR count). The van der Waals surface area contributed by atoms with Crippen molar-refractivity contribution in [1.82, 2.24) is 4.90 Å². The lowest BCUT2D eigenvalue weighted by Gasteiger charge is -2.38. The third-order valence-electron chi connectivity index (χ3n) is 4.96. The molecule has 6 nitrogen and oxygen atoms in total. The number of carbonyl (C=O) groups excluding carboxylic acids is 2. The van der Waals surface area contributed by atoms with Crippen molar-refractivity contribution in [2.75, 3.05) is 26.6 Å². The third-order valence-corrected chi connectivity index (χ3v) is 4.96. The van der Waals surface area contributed by atoms with E-state index in [-0.39, 0.29) is 23.8 Å². The largest absolute Gasteiger partial charge is 0.497 e. The first-order chi connectivity index (χ1) is 13.0. The number of likely N-dealkylation sites (tertiary alicyclic amines) is 1. The molecule has 1 N–H and O–H groups in total. The van der Waals surface area contributed by atoms with E-state index in [1.165, 1.54) is 0 Å². The molecule has 2 aromatic rings. The van der Waals surface area contributed by atoms with Gasteiger partial charge in [-0.3, -0.25) is 9.59 Å². The van der Waals surface area contributed by atoms with Gasteiger partial charge in [0.1, 0.15) is 11.5 Å². The normalized spacial score (nSPS) is 19.5. The third kappa shape index (κ3) is 4.05. The zero-order chi connectivity index (χ0) is 19.4. The lowest BCUT2D eigenvalue weighted by molar-refractivity contribution is -0.140. The monoisotopic (exact) mass is 368 g/mol. The average Bonchev–Trinajstić information content (AvgIpc) is 2.70. The summed E-state index contributed by atoms with van der Waals surface area (Å²) in [5, 5.41) is 2.96. The molecule has 0 aromatic heterocycles. The van der Waals surface area contributed by atoms with Gasteiger partial charge < -0.3 is 19.7 Å². The Kier molecular flexibility index (Phi) is 5.64. The van der Waals surface area contributed by atoms with Gasteiger partial charge in [-0.15, -0.1) is 0 Å². The van der Waals surface area contributed by atoms with Gasteiger partial charge in [0.25, 0.3) is 0 Å². The molecule has 0 saturated carbocycles. The van der Waals surface area contributed by atoms with Crippen LogP contribution < -0.4 is 14.8 Å². The summed E-state index contributed by atoms with van der Waals surface area (Å²) in [6.07, 6.45) is 0.870. The van der Waals surface area contributed by atoms with Gasteiger partial charge in [-0.05, 0) is 12.0 Å². The van der Waals surface area contributed by atoms with Crippen LogP contribution in [-0.2, 0) is 9.59 Å². The molecule has 142 valence electrons. The molecule has 0 aliphatic carbocycles. The maximum atomic E-state index is 13.1. The molecule has 1 aliphatic heterocycles. The summed E-state index contributed by atoms with van der Waals surface area (Å²) in [4.78, 5) is 27.0. The molecule has 27 heavy (non-hydrogen) atoms. The molecular weight excluding hydrogens is 344 g/mol. The SMILES string of the molecule is COc1cc(NC(=O)C2CCC(=O)N(C)C2c2ccccc2)cc(OC)c1. The van der Waals surface area contributed by atoms with Crippen LogP contribution >= 0.6 is 0 Å². The molecule has 2 unspecified atom stereocenters. The molecule has 1 aliphatic rings. The summed E-state index contributed by atoms with van der Waals surface area (Å²) in [5.41, 5.74) is 1.55. The van der Waals surface area contributed by atoms with Gasteiger partial charge in [-0.25, -0.2) is 0 Å². The van der Waals surface area contributed by atoms with Crippen LogP contribution in [0.15, 0.2) is 48.5 Å². The first kappa shape index (κ1) is 18.8. The van der Waals surface area contributed by atoms with Crippen molar-refractivity contribution in [2.24, 2.45) is 5.92 Å². The minimum atomic E-state index is -0.340. The van der Waals surface area contributed by atoms with Crippen molar-refractivity contribution in [3.63, 3.8) is 0 Å². The van der Waals surface area contributed by atoms with Crippen LogP contribution in [0.3, 0.4) is 0 Å². The number of hydrogen-bond acceptors (Lipinski definition) is 4. The average molecular weight is 368 g/mol. The standard InChI is InChI=1S/C21H24N2O4/c1-23-19(24)10-9-18(20(23)14-7-5-4-6-8-14)21(25)22-15-11-16(26-2)13-17(12-15)27-3/h4-8,11-13,18,20H,9-10H2,1-3H3,(H,22,25). The second-order valence-electron chi connectivity index (χ2n) is 6.60. The Morgan fingerprint density at radius 3 is 2.30 bits per heavy atom. The number of anilines is 1. The Hall–Kier alpha value is -3.02. The van der Waals surface area contributed by atoms with Gasteiger partial charge in [-0.2, -0.15) is 0 Å². The van der Waals surface area contributed by atoms with Crippen LogP contribution in [-0.4, -0.2) is 38.0 Å². The number of carbonyl (C=O) groups is 2. The van der Waals surface area contributed by atoms with Crippen molar-refractivity contribution in [2.45, 2.75) is 18.9 Å². The fraction of sp³-hybridized carbons (Fsp3) is 0.333. The number of amides is 2. The maximum absolute atomic E-state index is 13.1. The quantitative estimate of drug-likeness (QED) is 0.880. The lowest BCUT2D eigenvalue weighted by atomic mass is 9.84. The number of nitrogens with zero attached hydrogens (tertiary/aromatic N) is 1. The minimum Gasteiger partial charge on any atom is -0.497 e. The Bertz CT molecular complexity index is 800. The van der Waals surface area contributed by atoms with Gasteiger partial charge >= 0.3 is 0 Å². The van der Waals surface area contributed by atoms with Crippen LogP contribution in [0.4, 0.5) is 5.69 Å². The minimum absolute atomic E-state index is 0.0518. The highest BCUT2D eigenvalue weighted by molar-refractivity contribution is 5.95. The van der Waals surface area contributed by atoms with Gasteiger partial charge in [-0.1, -0.05) is 30.3 Å². The van der Waals surface area contributed by atoms with Crippen LogP contribution in [0.1, 0.15) is 24.4 Å². The molecule has 0 spiro atoms. The Balaban J connectivity index is 1.87. The van der Waals surface area contributed by atoms with E-state index >= 15 is 0 Å². The van der Waals surface area contributed by atoms with Gasteiger partial charge in [0, 0.05) is 37.4 Å². The lowest BCUT2D eigenvalue weighted by Crippen LogP contribution is -2.44. The van der Waals surface area contributed by atoms with E-state index in [9.17, 15) is 9.59 Å². The molecular formula is C21H24N2O4. The second-order valence-corrected chi connectivity index (χ2v) is 6.60. The van der Waals surface area contributed by atoms with E-state index in [0.29, 0.717) is 30.0 Å². The number of benzene rings is 2. The number of rotatable bonds is 5. The van der Waals surface area contributed by atoms with Gasteiger partial charge in [0.15, 0.2) is 0 Å². The fourth-order valence-electron chi connectivity index (χ4n) is 3.53. The van der Waals surface area contributed by atoms with Crippen LogP contribution in [0.25, 0.3) is 0 Å². The predicted molar refractivity (Wildman–Crippen MR) is 103 cm³/mol. The van der Waals surface area contributed by atoms with E-state index in [1.54, 1.807) is 44.4 Å². The summed E-state index contributed by atoms with van der Waals surface area (Å²) in [7, 11) is 4.88. The topological polar surface area (TPSA) is 67.9 Å². The van der Waals surface area contributed by atoms with Crippen LogP contribution in [0.5, 0.6) is 11.5 Å². The number of nitrogens with one attached hydrogen (secondary N) is 1. The van der Waals surface area contributed by atoms with Crippen molar-refractivity contribution in [3.05, 3.63) is 54.1 Å². The Morgan fingerprint density at radius 1 is 1.07 bits per heavy atom. The smallest absolute Gasteiger partial charge is 0.229 e. The molecule has 1 fully saturated rings. The molecule has 2 amide bonds. The van der Waals surface area contributed by atoms with Crippen LogP contribution in [0, 0.1) is 5.92 Å². The highest BCUT2D eigenvalue weighted by Gasteiger charge is 2.38. The van der Waals surface area contributed by atoms with Crippen molar-refractivity contribution < 1.29 is 19.1 Å². The molecule has 2 aromatic carbocycles. The zero-order valence-corrected chi connectivity index (χ0v) is 15.8. The van der Waals surface area contributed by atoms with E-state index in [2.05, 4.69) is 5.32 Å². The zero-order valence-electron chi connectivity index (χ0n) is 15.8. The van der Waals surface area contributed by atoms with E-state index in [1.807, 2.05) is 30.3 Å². The Labute approximate surface area is 159 Å². The highest BCUT2D eigenvalue weighted by atomic mass is 16.5. The van der Waals surface area contributed by atoms with Crippen molar-refractivity contribution in [3.8, 4) is 11.5 Å². The van der Waals surface area contributed by atoms with Crippen LogP contribution in [0.2, 0.25) is 0 Å². The molecule has 0 bridgehead atoms. The predicted octanol–water partition coefficient (Wildman–Crippen LogP) is 3.25. The van der Waals surface area contributed by atoms with Gasteiger partial charge in [0.05, 0.1) is 26.2 Å². The number of hydrogen-bond donors (Lipinski definition) is 1. The first-order valence-corrected chi connectivity index (χ1v) is 8.88. The van der Waals surface area contributed by atoms with Crippen molar-refractivity contribution in [1.29, 1.82) is 0 Å². The first-order valence-electron chi connectivity index (χ1n) is 8.88. The second kappa shape index (κ2) is 8.12. The fourth-order valence-corrected chi connectivity index (χ4v) is 3.53. The molecule has 6 heteroatoms. The van der Waals surface area contributed by atoms with E-state index in [4.69, 9.17) is 9.47 Å². The number of methoxy groups -OCH3 is 2. The summed E-state index contributed by atoms with van der Waals surface area (Å²) < 4.78 is 10.5. The molecule has 1 heterocycles. The Morgan fingerprint density at radius 2 is 1.70 bits per heavy atom. The van der Waals surface area contributed by atoms with Gasteiger partial charge in [0.2, 0.25) is 11.8 Å². The van der Waals surface area contributed by atoms with Crippen molar-refractivity contribution >= 4 is 17.5 Å². The molecule has 2 atom stereocenters. The highest BCUT2D eigenvalue weighted by Crippen LogP contribution is 2.37.